The van der Waals surface area contributed by atoms with Crippen molar-refractivity contribution in [1.82, 2.24) is 0 Å². The third-order valence-corrected chi connectivity index (χ3v) is 3.43. The molecule has 4 nitrogen and oxygen atoms in total. The van der Waals surface area contributed by atoms with Gasteiger partial charge in [-0.15, -0.1) is 0 Å². The highest BCUT2D eigenvalue weighted by Crippen LogP contribution is 2.33. The van der Waals surface area contributed by atoms with Gasteiger partial charge in [0.1, 0.15) is 17.3 Å². The molecular weight excluding hydrogens is 354 g/mol. The normalized spacial score (nSPS) is 12.2. The lowest BCUT2D eigenvalue weighted by Gasteiger charge is -2.14. The first-order chi connectivity index (χ1) is 9.38. The van der Waals surface area contributed by atoms with E-state index >= 15 is 0 Å². The van der Waals surface area contributed by atoms with E-state index in [-0.39, 0.29) is 16.5 Å². The molecule has 1 N–H and O–H groups in total. The first kappa shape index (κ1) is 14.9. The van der Waals surface area contributed by atoms with Gasteiger partial charge in [0.2, 0.25) is 5.76 Å². The van der Waals surface area contributed by atoms with Gasteiger partial charge in [-0.05, 0) is 41.1 Å². The summed E-state index contributed by atoms with van der Waals surface area (Å²) in [4.78, 5) is 10.7. The SMILES string of the molecule is CC(Oc1cc(F)c(Cl)cc1Br)c1ccc(C(=O)O)o1. The molecule has 106 valence electrons. The smallest absolute Gasteiger partial charge is 0.371 e. The van der Waals surface area contributed by atoms with Crippen LogP contribution in [0.4, 0.5) is 4.39 Å². The molecule has 0 fully saturated rings. The van der Waals surface area contributed by atoms with Crippen molar-refractivity contribution in [3.63, 3.8) is 0 Å². The molecule has 2 aromatic rings. The molecule has 0 spiro atoms. The Bertz CT molecular complexity index is 656. The zero-order chi connectivity index (χ0) is 14.9. The standard InChI is InChI=1S/C13H9BrClFO4/c1-6(10-2-3-11(20-10)13(17)18)19-12-5-9(16)8(15)4-7(12)14/h2-6H,1H3,(H,17,18). The number of rotatable bonds is 4. The molecule has 0 bridgehead atoms. The number of furan rings is 1. The number of ether oxygens (including phenoxy) is 1. The maximum Gasteiger partial charge on any atom is 0.371 e. The summed E-state index contributed by atoms with van der Waals surface area (Å²) in [5, 5.41) is 8.75. The number of carboxylic acid groups (broad SMARTS) is 1. The van der Waals surface area contributed by atoms with Crippen LogP contribution in [0.5, 0.6) is 5.75 Å². The lowest BCUT2D eigenvalue weighted by atomic mass is 10.3. The molecule has 20 heavy (non-hydrogen) atoms. The monoisotopic (exact) mass is 362 g/mol. The van der Waals surface area contributed by atoms with E-state index in [1.165, 1.54) is 18.2 Å². The maximum atomic E-state index is 13.4. The zero-order valence-electron chi connectivity index (χ0n) is 10.2. The second-order valence-corrected chi connectivity index (χ2v) is 5.23. The maximum absolute atomic E-state index is 13.4. The van der Waals surface area contributed by atoms with E-state index in [1.54, 1.807) is 6.92 Å². The summed E-state index contributed by atoms with van der Waals surface area (Å²) in [6.45, 7) is 1.66. The molecule has 1 heterocycles. The first-order valence-corrected chi connectivity index (χ1v) is 6.70. The van der Waals surface area contributed by atoms with E-state index in [0.717, 1.165) is 6.07 Å². The van der Waals surface area contributed by atoms with E-state index in [9.17, 15) is 9.18 Å². The molecule has 0 amide bonds. The van der Waals surface area contributed by atoms with E-state index in [4.69, 9.17) is 25.9 Å². The minimum atomic E-state index is -1.16. The minimum absolute atomic E-state index is 0.0250. The first-order valence-electron chi connectivity index (χ1n) is 5.52. The van der Waals surface area contributed by atoms with E-state index in [0.29, 0.717) is 10.2 Å². The highest BCUT2D eigenvalue weighted by Gasteiger charge is 2.17. The predicted octanol–water partition coefficient (Wildman–Crippen LogP) is 4.67. The van der Waals surface area contributed by atoms with Crippen molar-refractivity contribution in [2.75, 3.05) is 0 Å². The molecule has 0 saturated carbocycles. The molecule has 1 atom stereocenters. The van der Waals surface area contributed by atoms with Crippen LogP contribution in [0.3, 0.4) is 0 Å². The topological polar surface area (TPSA) is 59.7 Å². The van der Waals surface area contributed by atoms with E-state index < -0.39 is 17.9 Å². The van der Waals surface area contributed by atoms with E-state index in [2.05, 4.69) is 15.9 Å². The van der Waals surface area contributed by atoms with Crippen molar-refractivity contribution in [3.8, 4) is 5.75 Å². The van der Waals surface area contributed by atoms with Crippen molar-refractivity contribution in [2.45, 2.75) is 13.0 Å². The molecule has 0 aliphatic heterocycles. The number of halogens is 3. The summed E-state index contributed by atoms with van der Waals surface area (Å²) in [6.07, 6.45) is -0.583. The van der Waals surface area contributed by atoms with Crippen LogP contribution in [0.15, 0.2) is 33.2 Å². The Balaban J connectivity index is 2.20. The van der Waals surface area contributed by atoms with Crippen molar-refractivity contribution in [3.05, 3.63) is 51.1 Å². The number of carbonyl (C=O) groups is 1. The average molecular weight is 364 g/mol. The Morgan fingerprint density at radius 3 is 2.80 bits per heavy atom. The van der Waals surface area contributed by atoms with Gasteiger partial charge in [-0.2, -0.15) is 0 Å². The molecule has 2 rings (SSSR count). The number of benzene rings is 1. The molecule has 1 unspecified atom stereocenters. The summed E-state index contributed by atoms with van der Waals surface area (Å²) in [7, 11) is 0. The number of hydrogen-bond donors (Lipinski definition) is 1. The summed E-state index contributed by atoms with van der Waals surface area (Å²) in [6, 6.07) is 5.34. The van der Waals surface area contributed by atoms with Crippen molar-refractivity contribution in [1.29, 1.82) is 0 Å². The summed E-state index contributed by atoms with van der Waals surface area (Å²) >= 11 is 8.84. The van der Waals surface area contributed by atoms with Crippen LogP contribution in [0.25, 0.3) is 0 Å². The number of hydrogen-bond acceptors (Lipinski definition) is 3. The van der Waals surface area contributed by atoms with Crippen molar-refractivity contribution >= 4 is 33.5 Å². The molecule has 0 radical (unpaired) electrons. The fourth-order valence-corrected chi connectivity index (χ4v) is 2.26. The summed E-state index contributed by atoms with van der Waals surface area (Å²) in [5.41, 5.74) is 0. The minimum Gasteiger partial charge on any atom is -0.481 e. The Morgan fingerprint density at radius 1 is 1.50 bits per heavy atom. The largest absolute Gasteiger partial charge is 0.481 e. The van der Waals surface area contributed by atoms with Gasteiger partial charge in [-0.25, -0.2) is 9.18 Å². The molecule has 0 saturated heterocycles. The average Bonchev–Trinajstić information content (AvgIpc) is 2.85. The predicted molar refractivity (Wildman–Crippen MR) is 73.8 cm³/mol. The van der Waals surface area contributed by atoms with Gasteiger partial charge in [0.25, 0.3) is 0 Å². The van der Waals surface area contributed by atoms with Crippen molar-refractivity contribution in [2.24, 2.45) is 0 Å². The Labute approximate surface area is 127 Å². The van der Waals surface area contributed by atoms with E-state index in [1.807, 2.05) is 0 Å². The third-order valence-electron chi connectivity index (χ3n) is 2.52. The van der Waals surface area contributed by atoms with Gasteiger partial charge in [-0.3, -0.25) is 0 Å². The van der Waals surface area contributed by atoms with Crippen LogP contribution in [-0.4, -0.2) is 11.1 Å². The fraction of sp³-hybridized carbons (Fsp3) is 0.154. The molecule has 0 aliphatic carbocycles. The Morgan fingerprint density at radius 2 is 2.20 bits per heavy atom. The Hall–Kier alpha value is -1.53. The summed E-state index contributed by atoms with van der Waals surface area (Å²) < 4.78 is 24.5. The highest BCUT2D eigenvalue weighted by molar-refractivity contribution is 9.10. The van der Waals surface area contributed by atoms with Gasteiger partial charge in [0.05, 0.1) is 9.50 Å². The van der Waals surface area contributed by atoms with Crippen LogP contribution in [0.1, 0.15) is 29.3 Å². The zero-order valence-corrected chi connectivity index (χ0v) is 12.5. The van der Waals surface area contributed by atoms with Crippen LogP contribution >= 0.6 is 27.5 Å². The molecule has 1 aromatic heterocycles. The molecule has 0 aliphatic rings. The van der Waals surface area contributed by atoms with Crippen LogP contribution in [-0.2, 0) is 0 Å². The van der Waals surface area contributed by atoms with Gasteiger partial charge in [0.15, 0.2) is 6.10 Å². The number of aromatic carboxylic acids is 1. The highest BCUT2D eigenvalue weighted by atomic mass is 79.9. The molecule has 7 heteroatoms. The van der Waals surface area contributed by atoms with Crippen LogP contribution in [0.2, 0.25) is 5.02 Å². The second kappa shape index (κ2) is 5.85. The Kier molecular flexibility index (Phi) is 4.35. The second-order valence-electron chi connectivity index (χ2n) is 3.96. The van der Waals surface area contributed by atoms with Gasteiger partial charge in [0, 0.05) is 6.07 Å². The lowest BCUT2D eigenvalue weighted by molar-refractivity contribution is 0.0655. The van der Waals surface area contributed by atoms with Crippen molar-refractivity contribution < 1.29 is 23.4 Å². The lowest BCUT2D eigenvalue weighted by Crippen LogP contribution is -2.03. The third kappa shape index (κ3) is 3.13. The quantitative estimate of drug-likeness (QED) is 0.802. The van der Waals surface area contributed by atoms with Crippen LogP contribution in [0, 0.1) is 5.82 Å². The summed E-state index contributed by atoms with van der Waals surface area (Å²) in [5.74, 6) is -1.39. The molecular formula is C13H9BrClFO4. The van der Waals surface area contributed by atoms with Gasteiger partial charge in [-0.1, -0.05) is 11.6 Å². The van der Waals surface area contributed by atoms with Gasteiger partial charge < -0.3 is 14.3 Å². The van der Waals surface area contributed by atoms with Gasteiger partial charge >= 0.3 is 5.97 Å². The van der Waals surface area contributed by atoms with Crippen LogP contribution < -0.4 is 4.74 Å². The number of carboxylic acids is 1. The fourth-order valence-electron chi connectivity index (χ4n) is 1.53. The molecule has 1 aromatic carbocycles.